The van der Waals surface area contributed by atoms with Crippen LogP contribution < -0.4 is 5.32 Å². The van der Waals surface area contributed by atoms with E-state index in [-0.39, 0.29) is 16.9 Å². The summed E-state index contributed by atoms with van der Waals surface area (Å²) in [5.41, 5.74) is 1.29. The van der Waals surface area contributed by atoms with Crippen molar-refractivity contribution in [3.8, 4) is 0 Å². The summed E-state index contributed by atoms with van der Waals surface area (Å²) < 4.78 is 30.1. The number of rotatable bonds is 4. The lowest BCUT2D eigenvalue weighted by Gasteiger charge is -2.11. The van der Waals surface area contributed by atoms with Crippen LogP contribution in [0.3, 0.4) is 0 Å². The molecule has 0 unspecified atom stereocenters. The molecule has 0 spiro atoms. The molecule has 0 atom stereocenters. The number of benzene rings is 1. The van der Waals surface area contributed by atoms with Crippen LogP contribution in [0.15, 0.2) is 45.9 Å². The lowest BCUT2D eigenvalue weighted by molar-refractivity contribution is 0.0996. The third-order valence-electron chi connectivity index (χ3n) is 4.25. The van der Waals surface area contributed by atoms with E-state index in [2.05, 4.69) is 5.32 Å². The van der Waals surface area contributed by atoms with E-state index in [1.165, 1.54) is 6.26 Å². The molecule has 6 heteroatoms. The van der Waals surface area contributed by atoms with E-state index in [0.29, 0.717) is 10.6 Å². The van der Waals surface area contributed by atoms with E-state index in [9.17, 15) is 13.2 Å². The van der Waals surface area contributed by atoms with Crippen molar-refractivity contribution in [2.75, 3.05) is 5.32 Å². The van der Waals surface area contributed by atoms with Gasteiger partial charge in [-0.25, -0.2) is 8.42 Å². The first-order valence-electron chi connectivity index (χ1n) is 7.68. The van der Waals surface area contributed by atoms with Crippen molar-refractivity contribution in [3.63, 3.8) is 0 Å². The van der Waals surface area contributed by atoms with Crippen LogP contribution in [-0.2, 0) is 9.84 Å². The molecule has 0 bridgehead atoms. The summed E-state index contributed by atoms with van der Waals surface area (Å²) in [6, 6.07) is 8.04. The first-order chi connectivity index (χ1) is 11.0. The van der Waals surface area contributed by atoms with Gasteiger partial charge in [-0.15, -0.1) is 0 Å². The van der Waals surface area contributed by atoms with Crippen LogP contribution >= 0.6 is 0 Å². The fraction of sp³-hybridized carbons (Fsp3) is 0.353. The number of hydrogen-bond acceptors (Lipinski definition) is 4. The van der Waals surface area contributed by atoms with E-state index in [0.717, 1.165) is 31.2 Å². The van der Waals surface area contributed by atoms with Crippen molar-refractivity contribution in [2.24, 2.45) is 0 Å². The lowest BCUT2D eigenvalue weighted by atomic mass is 10.2. The summed E-state index contributed by atoms with van der Waals surface area (Å²) in [4.78, 5) is 12.4. The summed E-state index contributed by atoms with van der Waals surface area (Å²) in [5, 5.41) is 2.44. The zero-order chi connectivity index (χ0) is 16.4. The molecule has 0 saturated heterocycles. The molecule has 1 aromatic heterocycles. The second kappa shape index (κ2) is 6.20. The Morgan fingerprint density at radius 2 is 1.78 bits per heavy atom. The van der Waals surface area contributed by atoms with Gasteiger partial charge in [0.25, 0.3) is 5.91 Å². The molecular formula is C17H19NO4S. The van der Waals surface area contributed by atoms with Gasteiger partial charge in [-0.1, -0.05) is 12.8 Å². The highest BCUT2D eigenvalue weighted by Gasteiger charge is 2.30. The Labute approximate surface area is 135 Å². The maximum atomic E-state index is 12.5. The van der Waals surface area contributed by atoms with Crippen molar-refractivity contribution in [1.29, 1.82) is 0 Å². The van der Waals surface area contributed by atoms with Crippen LogP contribution in [0.4, 0.5) is 5.69 Å². The SMILES string of the molecule is Cc1ccoc1C(=O)Nc1ccc(S(=O)(=O)C2CCCC2)cc1. The molecule has 5 nitrogen and oxygen atoms in total. The molecule has 1 fully saturated rings. The van der Waals surface area contributed by atoms with Gasteiger partial charge in [-0.05, 0) is 50.1 Å². The van der Waals surface area contributed by atoms with Crippen molar-refractivity contribution in [3.05, 3.63) is 47.9 Å². The average Bonchev–Trinajstić information content (AvgIpc) is 3.19. The number of sulfone groups is 1. The fourth-order valence-corrected chi connectivity index (χ4v) is 4.77. The maximum Gasteiger partial charge on any atom is 0.291 e. The molecule has 1 aliphatic rings. The normalized spacial score (nSPS) is 15.7. The summed E-state index contributed by atoms with van der Waals surface area (Å²) in [7, 11) is -3.27. The minimum Gasteiger partial charge on any atom is -0.459 e. The number of hydrogen-bond donors (Lipinski definition) is 1. The number of carbonyl (C=O) groups is 1. The Hall–Kier alpha value is -2.08. The van der Waals surface area contributed by atoms with Gasteiger partial charge in [-0.2, -0.15) is 0 Å². The minimum atomic E-state index is -3.27. The largest absolute Gasteiger partial charge is 0.459 e. The first kappa shape index (κ1) is 15.8. The lowest BCUT2D eigenvalue weighted by Crippen LogP contribution is -2.18. The number of nitrogens with one attached hydrogen (secondary N) is 1. The Kier molecular flexibility index (Phi) is 4.26. The highest BCUT2D eigenvalue weighted by atomic mass is 32.2. The van der Waals surface area contributed by atoms with Crippen LogP contribution in [0.2, 0.25) is 0 Å². The minimum absolute atomic E-state index is 0.257. The highest BCUT2D eigenvalue weighted by Crippen LogP contribution is 2.30. The summed E-state index contributed by atoms with van der Waals surface area (Å²) in [6.45, 7) is 1.79. The van der Waals surface area contributed by atoms with E-state index >= 15 is 0 Å². The summed E-state index contributed by atoms with van der Waals surface area (Å²) in [6.07, 6.45) is 4.87. The number of amides is 1. The molecule has 0 aliphatic heterocycles. The van der Waals surface area contributed by atoms with E-state index in [4.69, 9.17) is 4.42 Å². The van der Waals surface area contributed by atoms with E-state index < -0.39 is 9.84 Å². The summed E-state index contributed by atoms with van der Waals surface area (Å²) >= 11 is 0. The van der Waals surface area contributed by atoms with Crippen molar-refractivity contribution in [1.82, 2.24) is 0 Å². The number of carbonyl (C=O) groups excluding carboxylic acids is 1. The van der Waals surface area contributed by atoms with Crippen molar-refractivity contribution in [2.45, 2.75) is 42.8 Å². The molecular weight excluding hydrogens is 314 g/mol. The summed E-state index contributed by atoms with van der Waals surface area (Å²) in [5.74, 6) is -0.0912. The van der Waals surface area contributed by atoms with Gasteiger partial charge in [0, 0.05) is 11.3 Å². The van der Waals surface area contributed by atoms with Crippen LogP contribution in [0, 0.1) is 6.92 Å². The maximum absolute atomic E-state index is 12.5. The van der Waals surface area contributed by atoms with Gasteiger partial charge in [0.05, 0.1) is 16.4 Å². The van der Waals surface area contributed by atoms with Gasteiger partial charge in [0.15, 0.2) is 15.6 Å². The molecule has 1 heterocycles. The van der Waals surface area contributed by atoms with Gasteiger partial charge >= 0.3 is 0 Å². The molecule has 23 heavy (non-hydrogen) atoms. The van der Waals surface area contributed by atoms with Gasteiger partial charge in [0.1, 0.15) is 0 Å². The molecule has 1 amide bonds. The highest BCUT2D eigenvalue weighted by molar-refractivity contribution is 7.92. The van der Waals surface area contributed by atoms with Crippen molar-refractivity contribution < 1.29 is 17.6 Å². The zero-order valence-corrected chi connectivity index (χ0v) is 13.7. The van der Waals surface area contributed by atoms with Gasteiger partial charge < -0.3 is 9.73 Å². The Morgan fingerprint density at radius 3 is 2.35 bits per heavy atom. The first-order valence-corrected chi connectivity index (χ1v) is 9.22. The number of furan rings is 1. The number of anilines is 1. The van der Waals surface area contributed by atoms with E-state index in [1.54, 1.807) is 37.3 Å². The second-order valence-electron chi connectivity index (χ2n) is 5.86. The second-order valence-corrected chi connectivity index (χ2v) is 8.09. The quantitative estimate of drug-likeness (QED) is 0.928. The predicted octanol–water partition coefficient (Wildman–Crippen LogP) is 3.56. The molecule has 0 radical (unpaired) electrons. The fourth-order valence-electron chi connectivity index (χ4n) is 2.91. The van der Waals surface area contributed by atoms with Crippen LogP contribution in [0.25, 0.3) is 0 Å². The standard InChI is InChI=1S/C17H19NO4S/c1-12-10-11-22-16(12)17(19)18-13-6-8-15(9-7-13)23(20,21)14-4-2-3-5-14/h6-11,14H,2-5H2,1H3,(H,18,19). The van der Waals surface area contributed by atoms with E-state index in [1.807, 2.05) is 0 Å². The number of aryl methyl sites for hydroxylation is 1. The Bertz CT molecular complexity index is 799. The molecule has 1 aliphatic carbocycles. The van der Waals surface area contributed by atoms with Gasteiger partial charge in [0.2, 0.25) is 0 Å². The van der Waals surface area contributed by atoms with Crippen LogP contribution in [-0.4, -0.2) is 19.6 Å². The monoisotopic (exact) mass is 333 g/mol. The molecule has 1 saturated carbocycles. The van der Waals surface area contributed by atoms with Gasteiger partial charge in [-0.3, -0.25) is 4.79 Å². The third kappa shape index (κ3) is 3.17. The molecule has 1 aromatic carbocycles. The zero-order valence-electron chi connectivity index (χ0n) is 12.9. The molecule has 2 aromatic rings. The van der Waals surface area contributed by atoms with Crippen LogP contribution in [0.5, 0.6) is 0 Å². The molecule has 1 N–H and O–H groups in total. The predicted molar refractivity (Wildman–Crippen MR) is 87.3 cm³/mol. The van der Waals surface area contributed by atoms with Crippen molar-refractivity contribution >= 4 is 21.4 Å². The Morgan fingerprint density at radius 1 is 1.13 bits per heavy atom. The molecule has 122 valence electrons. The Balaban J connectivity index is 1.75. The third-order valence-corrected chi connectivity index (χ3v) is 6.53. The molecule has 3 rings (SSSR count). The topological polar surface area (TPSA) is 76.4 Å². The van der Waals surface area contributed by atoms with Crippen LogP contribution in [0.1, 0.15) is 41.8 Å². The average molecular weight is 333 g/mol. The smallest absolute Gasteiger partial charge is 0.291 e.